The Morgan fingerprint density at radius 1 is 1.04 bits per heavy atom. The number of hydrogen-bond acceptors (Lipinski definition) is 4. The summed E-state index contributed by atoms with van der Waals surface area (Å²) in [6.45, 7) is 5.92. The molecule has 0 spiro atoms. The first kappa shape index (κ1) is 17.3. The number of nitrogens with zero attached hydrogens (tertiary/aromatic N) is 1. The summed E-state index contributed by atoms with van der Waals surface area (Å²) in [5, 5.41) is 10.3. The van der Waals surface area contributed by atoms with Crippen LogP contribution in [0.3, 0.4) is 0 Å². The third-order valence-corrected chi connectivity index (χ3v) is 3.73. The van der Waals surface area contributed by atoms with Gasteiger partial charge in [0.25, 0.3) is 0 Å². The molecule has 0 radical (unpaired) electrons. The minimum Gasteiger partial charge on any atom is -0.491 e. The van der Waals surface area contributed by atoms with Crippen molar-refractivity contribution in [2.24, 2.45) is 0 Å². The lowest BCUT2D eigenvalue weighted by Crippen LogP contribution is -2.39. The first-order chi connectivity index (χ1) is 11.0. The molecular weight excluding hydrogens is 288 g/mol. The summed E-state index contributed by atoms with van der Waals surface area (Å²) in [6.07, 6.45) is -0.543. The fourth-order valence-corrected chi connectivity index (χ4v) is 2.36. The molecule has 4 heteroatoms. The van der Waals surface area contributed by atoms with Crippen molar-refractivity contribution in [1.82, 2.24) is 4.90 Å². The van der Waals surface area contributed by atoms with Gasteiger partial charge in [0.1, 0.15) is 18.5 Å². The van der Waals surface area contributed by atoms with Gasteiger partial charge in [-0.25, -0.2) is 0 Å². The molecular formula is C19H26N2O2. The lowest BCUT2D eigenvalue weighted by atomic mass is 10.1. The minimum atomic E-state index is -0.543. The number of nitrogens with two attached hydrogens (primary N) is 1. The molecule has 0 aliphatic rings. The zero-order chi connectivity index (χ0) is 16.7. The standard InChI is InChI=1S/C19H26N2O2/c1-15(2)21(12-16-6-4-3-5-7-16)13-18(22)14-23-19-10-8-17(20)9-11-19/h3-11,15,18,22H,12-14,20H2,1-2H3/t18-/m1/s1. The van der Waals surface area contributed by atoms with Gasteiger partial charge in [-0.05, 0) is 43.7 Å². The van der Waals surface area contributed by atoms with Crippen LogP contribution in [0.25, 0.3) is 0 Å². The molecule has 124 valence electrons. The van der Waals surface area contributed by atoms with Crippen molar-refractivity contribution in [2.75, 3.05) is 18.9 Å². The summed E-state index contributed by atoms with van der Waals surface area (Å²) in [4.78, 5) is 2.24. The summed E-state index contributed by atoms with van der Waals surface area (Å²) in [5.41, 5.74) is 7.59. The van der Waals surface area contributed by atoms with Crippen molar-refractivity contribution in [2.45, 2.75) is 32.5 Å². The van der Waals surface area contributed by atoms with Crippen LogP contribution in [-0.4, -0.2) is 35.3 Å². The molecule has 3 N–H and O–H groups in total. The number of benzene rings is 2. The highest BCUT2D eigenvalue weighted by atomic mass is 16.5. The van der Waals surface area contributed by atoms with Gasteiger partial charge in [-0.3, -0.25) is 4.90 Å². The molecule has 0 aromatic heterocycles. The smallest absolute Gasteiger partial charge is 0.119 e. The third-order valence-electron chi connectivity index (χ3n) is 3.73. The van der Waals surface area contributed by atoms with Crippen molar-refractivity contribution in [3.8, 4) is 5.75 Å². The molecule has 1 atom stereocenters. The topological polar surface area (TPSA) is 58.7 Å². The van der Waals surface area contributed by atoms with Crippen LogP contribution in [0, 0.1) is 0 Å². The van der Waals surface area contributed by atoms with Gasteiger partial charge >= 0.3 is 0 Å². The maximum absolute atomic E-state index is 10.3. The average molecular weight is 314 g/mol. The second-order valence-corrected chi connectivity index (χ2v) is 6.04. The van der Waals surface area contributed by atoms with Crippen molar-refractivity contribution >= 4 is 5.69 Å². The summed E-state index contributed by atoms with van der Waals surface area (Å²) in [5.74, 6) is 0.720. The Labute approximate surface area is 138 Å². The Bertz CT molecular complexity index is 570. The fourth-order valence-electron chi connectivity index (χ4n) is 2.36. The van der Waals surface area contributed by atoms with Gasteiger partial charge in [0, 0.05) is 24.8 Å². The predicted molar refractivity (Wildman–Crippen MR) is 94.3 cm³/mol. The minimum absolute atomic E-state index is 0.266. The summed E-state index contributed by atoms with van der Waals surface area (Å²) in [6, 6.07) is 17.8. The van der Waals surface area contributed by atoms with E-state index in [1.54, 1.807) is 12.1 Å². The second kappa shape index (κ2) is 8.56. The van der Waals surface area contributed by atoms with Crippen LogP contribution in [0.15, 0.2) is 54.6 Å². The maximum Gasteiger partial charge on any atom is 0.119 e. The molecule has 0 saturated carbocycles. The van der Waals surface area contributed by atoms with Crippen LogP contribution >= 0.6 is 0 Å². The molecule has 2 aromatic rings. The number of aliphatic hydroxyl groups is 1. The molecule has 0 amide bonds. The molecule has 23 heavy (non-hydrogen) atoms. The zero-order valence-electron chi connectivity index (χ0n) is 13.9. The fraction of sp³-hybridized carbons (Fsp3) is 0.368. The first-order valence-corrected chi connectivity index (χ1v) is 7.99. The van der Waals surface area contributed by atoms with Crippen LogP contribution < -0.4 is 10.5 Å². The number of ether oxygens (including phenoxy) is 1. The van der Waals surface area contributed by atoms with E-state index in [4.69, 9.17) is 10.5 Å². The monoisotopic (exact) mass is 314 g/mol. The summed E-state index contributed by atoms with van der Waals surface area (Å²) < 4.78 is 5.62. The van der Waals surface area contributed by atoms with E-state index in [0.717, 1.165) is 12.3 Å². The molecule has 0 heterocycles. The molecule has 0 fully saturated rings. The quantitative estimate of drug-likeness (QED) is 0.736. The van der Waals surface area contributed by atoms with Crippen LogP contribution in [-0.2, 0) is 6.54 Å². The number of hydrogen-bond donors (Lipinski definition) is 2. The van der Waals surface area contributed by atoms with Crippen LogP contribution in [0.4, 0.5) is 5.69 Å². The highest BCUT2D eigenvalue weighted by Gasteiger charge is 2.15. The number of anilines is 1. The van der Waals surface area contributed by atoms with Gasteiger partial charge in [-0.15, -0.1) is 0 Å². The van der Waals surface area contributed by atoms with E-state index in [2.05, 4.69) is 30.9 Å². The molecule has 0 bridgehead atoms. The van der Waals surface area contributed by atoms with Crippen LogP contribution in [0.2, 0.25) is 0 Å². The van der Waals surface area contributed by atoms with Crippen molar-refractivity contribution in [1.29, 1.82) is 0 Å². The Morgan fingerprint density at radius 3 is 2.30 bits per heavy atom. The van der Waals surface area contributed by atoms with E-state index >= 15 is 0 Å². The Hall–Kier alpha value is -2.04. The number of rotatable bonds is 8. The average Bonchev–Trinajstić information content (AvgIpc) is 2.54. The predicted octanol–water partition coefficient (Wildman–Crippen LogP) is 2.92. The molecule has 0 aliphatic heterocycles. The van der Waals surface area contributed by atoms with E-state index in [0.29, 0.717) is 18.3 Å². The number of aliphatic hydroxyl groups excluding tert-OH is 1. The largest absolute Gasteiger partial charge is 0.491 e. The second-order valence-electron chi connectivity index (χ2n) is 6.04. The van der Waals surface area contributed by atoms with Crippen molar-refractivity contribution in [3.63, 3.8) is 0 Å². The van der Waals surface area contributed by atoms with Gasteiger partial charge in [-0.2, -0.15) is 0 Å². The summed E-state index contributed by atoms with van der Waals surface area (Å²) >= 11 is 0. The van der Waals surface area contributed by atoms with Gasteiger partial charge in [0.2, 0.25) is 0 Å². The molecule has 0 saturated heterocycles. The molecule has 4 nitrogen and oxygen atoms in total. The lowest BCUT2D eigenvalue weighted by molar-refractivity contribution is 0.0543. The lowest BCUT2D eigenvalue weighted by Gasteiger charge is -2.28. The van der Waals surface area contributed by atoms with Crippen LogP contribution in [0.1, 0.15) is 19.4 Å². The van der Waals surface area contributed by atoms with E-state index < -0.39 is 6.10 Å². The van der Waals surface area contributed by atoms with E-state index in [1.807, 2.05) is 30.3 Å². The van der Waals surface area contributed by atoms with E-state index in [-0.39, 0.29) is 6.61 Å². The maximum atomic E-state index is 10.3. The van der Waals surface area contributed by atoms with Crippen molar-refractivity contribution in [3.05, 3.63) is 60.2 Å². The first-order valence-electron chi connectivity index (χ1n) is 7.99. The highest BCUT2D eigenvalue weighted by molar-refractivity contribution is 5.41. The molecule has 2 rings (SSSR count). The van der Waals surface area contributed by atoms with E-state index in [1.165, 1.54) is 5.56 Å². The normalized spacial score (nSPS) is 12.6. The summed E-state index contributed by atoms with van der Waals surface area (Å²) in [7, 11) is 0. The van der Waals surface area contributed by atoms with Gasteiger partial charge in [0.15, 0.2) is 0 Å². The zero-order valence-corrected chi connectivity index (χ0v) is 13.9. The molecule has 0 aliphatic carbocycles. The Kier molecular flexibility index (Phi) is 6.44. The van der Waals surface area contributed by atoms with Crippen LogP contribution in [0.5, 0.6) is 5.75 Å². The van der Waals surface area contributed by atoms with Gasteiger partial charge < -0.3 is 15.6 Å². The molecule has 2 aromatic carbocycles. The SMILES string of the molecule is CC(C)N(Cc1ccccc1)C[C@@H](O)COc1ccc(N)cc1. The van der Waals surface area contributed by atoms with Gasteiger partial charge in [-0.1, -0.05) is 30.3 Å². The van der Waals surface area contributed by atoms with Crippen molar-refractivity contribution < 1.29 is 9.84 Å². The third kappa shape index (κ3) is 5.93. The van der Waals surface area contributed by atoms with Gasteiger partial charge in [0.05, 0.1) is 0 Å². The number of nitrogen functional groups attached to an aromatic ring is 1. The van der Waals surface area contributed by atoms with E-state index in [9.17, 15) is 5.11 Å². The Morgan fingerprint density at radius 2 is 1.70 bits per heavy atom. The highest BCUT2D eigenvalue weighted by Crippen LogP contribution is 2.14. The Balaban J connectivity index is 1.85. The molecule has 0 unspecified atom stereocenters.